The number of cyclic esters (lactones) is 1. The number of carbonyl (C=O) groups excluding carboxylic acids is 2. The van der Waals surface area contributed by atoms with Crippen LogP contribution in [-0.4, -0.2) is 11.9 Å². The van der Waals surface area contributed by atoms with Crippen molar-refractivity contribution in [2.24, 2.45) is 0 Å². The maximum absolute atomic E-state index is 12.1. The highest BCUT2D eigenvalue weighted by Crippen LogP contribution is 2.33. The molecular weight excluding hydrogens is 290 g/mol. The molecule has 2 aromatic carbocycles. The molecule has 0 saturated heterocycles. The van der Waals surface area contributed by atoms with E-state index in [4.69, 9.17) is 16.3 Å². The van der Waals surface area contributed by atoms with Gasteiger partial charge in [-0.15, -0.1) is 0 Å². The normalized spacial score (nSPS) is 16.2. The fraction of sp³-hybridized carbons (Fsp3) is 0.125. The minimum Gasteiger partial charge on any atom is -0.453 e. The molecule has 0 unspecified atom stereocenters. The number of benzene rings is 2. The van der Waals surface area contributed by atoms with Crippen LogP contribution in [0.4, 0.5) is 5.69 Å². The largest absolute Gasteiger partial charge is 0.453 e. The number of nitrogens with one attached hydrogen (secondary N) is 1. The van der Waals surface area contributed by atoms with Crippen LogP contribution >= 0.6 is 11.6 Å². The molecule has 1 atom stereocenters. The minimum atomic E-state index is -0.534. The number of rotatable bonds is 3. The monoisotopic (exact) mass is 301 g/mol. The van der Waals surface area contributed by atoms with Gasteiger partial charge in [-0.1, -0.05) is 35.9 Å². The van der Waals surface area contributed by atoms with E-state index in [0.29, 0.717) is 16.3 Å². The number of carbonyl (C=O) groups is 2. The Morgan fingerprint density at radius 2 is 2.00 bits per heavy atom. The van der Waals surface area contributed by atoms with Crippen LogP contribution in [0.15, 0.2) is 48.5 Å². The Morgan fingerprint density at radius 1 is 1.19 bits per heavy atom. The first-order chi connectivity index (χ1) is 10.1. The molecular formula is C16H12ClNO3. The Balaban J connectivity index is 1.70. The Kier molecular flexibility index (Phi) is 3.62. The van der Waals surface area contributed by atoms with Gasteiger partial charge in [0, 0.05) is 16.3 Å². The molecule has 5 heteroatoms. The number of amides is 1. The fourth-order valence-electron chi connectivity index (χ4n) is 2.32. The Bertz CT molecular complexity index is 714. The summed E-state index contributed by atoms with van der Waals surface area (Å²) in [5, 5.41) is 3.29. The summed E-state index contributed by atoms with van der Waals surface area (Å²) in [7, 11) is 0. The van der Waals surface area contributed by atoms with Gasteiger partial charge in [-0.3, -0.25) is 4.79 Å². The predicted molar refractivity (Wildman–Crippen MR) is 79.3 cm³/mol. The maximum Gasteiger partial charge on any atom is 0.339 e. The summed E-state index contributed by atoms with van der Waals surface area (Å²) in [5.74, 6) is -0.613. The number of ether oxygens (including phenoxy) is 1. The van der Waals surface area contributed by atoms with Gasteiger partial charge in [-0.2, -0.15) is 0 Å². The van der Waals surface area contributed by atoms with Crippen molar-refractivity contribution in [3.8, 4) is 0 Å². The van der Waals surface area contributed by atoms with Crippen LogP contribution in [0.5, 0.6) is 0 Å². The Hall–Kier alpha value is -2.33. The highest BCUT2D eigenvalue weighted by molar-refractivity contribution is 6.30. The molecule has 4 nitrogen and oxygen atoms in total. The second kappa shape index (κ2) is 5.58. The smallest absolute Gasteiger partial charge is 0.339 e. The number of anilines is 1. The predicted octanol–water partition coefficient (Wildman–Crippen LogP) is 3.58. The van der Waals surface area contributed by atoms with Crippen LogP contribution in [0.3, 0.4) is 0 Å². The highest BCUT2D eigenvalue weighted by atomic mass is 35.5. The molecule has 0 saturated carbocycles. The average Bonchev–Trinajstić information content (AvgIpc) is 2.76. The summed E-state index contributed by atoms with van der Waals surface area (Å²) >= 11 is 5.86. The van der Waals surface area contributed by atoms with Gasteiger partial charge in [0.25, 0.3) is 0 Å². The number of esters is 1. The molecule has 2 aromatic rings. The van der Waals surface area contributed by atoms with Crippen LogP contribution in [-0.2, 0) is 9.53 Å². The first-order valence-corrected chi connectivity index (χ1v) is 6.86. The zero-order chi connectivity index (χ0) is 14.8. The number of halogens is 1. The van der Waals surface area contributed by atoms with E-state index in [1.807, 2.05) is 6.07 Å². The van der Waals surface area contributed by atoms with E-state index in [2.05, 4.69) is 5.32 Å². The van der Waals surface area contributed by atoms with Crippen molar-refractivity contribution < 1.29 is 14.3 Å². The van der Waals surface area contributed by atoms with E-state index < -0.39 is 6.10 Å². The molecule has 0 bridgehead atoms. The minimum absolute atomic E-state index is 0.0786. The molecule has 1 N–H and O–H groups in total. The third-order valence-electron chi connectivity index (χ3n) is 3.26. The van der Waals surface area contributed by atoms with Crippen molar-refractivity contribution in [2.45, 2.75) is 12.5 Å². The van der Waals surface area contributed by atoms with Crippen molar-refractivity contribution >= 4 is 29.2 Å². The molecule has 1 aliphatic rings. The first kappa shape index (κ1) is 13.6. The lowest BCUT2D eigenvalue weighted by atomic mass is 10.0. The molecule has 1 heterocycles. The molecule has 3 rings (SSSR count). The van der Waals surface area contributed by atoms with Crippen LogP contribution in [0.2, 0.25) is 5.02 Å². The van der Waals surface area contributed by atoms with Crippen LogP contribution < -0.4 is 5.32 Å². The first-order valence-electron chi connectivity index (χ1n) is 6.49. The zero-order valence-corrected chi connectivity index (χ0v) is 11.8. The number of hydrogen-bond acceptors (Lipinski definition) is 3. The molecule has 21 heavy (non-hydrogen) atoms. The lowest BCUT2D eigenvalue weighted by Crippen LogP contribution is -2.15. The standard InChI is InChI=1S/C16H12ClNO3/c17-10-4-3-5-11(8-10)18-15(19)9-14-12-6-1-2-7-13(12)16(20)21-14/h1-8,14H,9H2,(H,18,19)/t14-/m1/s1. The molecule has 1 aliphatic heterocycles. The molecule has 1 amide bonds. The van der Waals surface area contributed by atoms with Gasteiger partial charge in [0.15, 0.2) is 0 Å². The molecule has 106 valence electrons. The number of hydrogen-bond donors (Lipinski definition) is 1. The summed E-state index contributed by atoms with van der Waals surface area (Å²) in [6.07, 6.45) is -0.456. The van der Waals surface area contributed by atoms with Crippen molar-refractivity contribution in [1.29, 1.82) is 0 Å². The van der Waals surface area contributed by atoms with Crippen molar-refractivity contribution in [2.75, 3.05) is 5.32 Å². The Morgan fingerprint density at radius 3 is 2.81 bits per heavy atom. The SMILES string of the molecule is O=C(C[C@H]1OC(=O)c2ccccc21)Nc1cccc(Cl)c1. The fourth-order valence-corrected chi connectivity index (χ4v) is 2.51. The van der Waals surface area contributed by atoms with E-state index in [-0.39, 0.29) is 18.3 Å². The van der Waals surface area contributed by atoms with E-state index in [9.17, 15) is 9.59 Å². The third-order valence-corrected chi connectivity index (χ3v) is 3.49. The number of fused-ring (bicyclic) bond motifs is 1. The average molecular weight is 302 g/mol. The molecule has 0 fully saturated rings. The van der Waals surface area contributed by atoms with Gasteiger partial charge in [-0.25, -0.2) is 4.79 Å². The maximum atomic E-state index is 12.1. The zero-order valence-electron chi connectivity index (χ0n) is 11.0. The second-order valence-electron chi connectivity index (χ2n) is 4.74. The van der Waals surface area contributed by atoms with Gasteiger partial charge < -0.3 is 10.1 Å². The van der Waals surface area contributed by atoms with Crippen molar-refractivity contribution in [3.05, 3.63) is 64.7 Å². The van der Waals surface area contributed by atoms with Gasteiger partial charge in [0.1, 0.15) is 6.10 Å². The highest BCUT2D eigenvalue weighted by Gasteiger charge is 2.31. The summed E-state index contributed by atoms with van der Waals surface area (Å²) in [6.45, 7) is 0. The van der Waals surface area contributed by atoms with Crippen molar-refractivity contribution in [3.63, 3.8) is 0 Å². The van der Waals surface area contributed by atoms with Crippen LogP contribution in [0.25, 0.3) is 0 Å². The second-order valence-corrected chi connectivity index (χ2v) is 5.18. The molecule has 0 aromatic heterocycles. The van der Waals surface area contributed by atoms with E-state index in [0.717, 1.165) is 5.56 Å². The van der Waals surface area contributed by atoms with Gasteiger partial charge in [0.2, 0.25) is 5.91 Å². The molecule has 0 aliphatic carbocycles. The van der Waals surface area contributed by atoms with E-state index in [1.165, 1.54) is 0 Å². The van der Waals surface area contributed by atoms with Gasteiger partial charge in [0.05, 0.1) is 12.0 Å². The summed E-state index contributed by atoms with van der Waals surface area (Å²) in [6, 6.07) is 14.0. The molecule has 0 radical (unpaired) electrons. The van der Waals surface area contributed by atoms with E-state index >= 15 is 0 Å². The van der Waals surface area contributed by atoms with Crippen LogP contribution in [0, 0.1) is 0 Å². The lowest BCUT2D eigenvalue weighted by molar-refractivity contribution is -0.118. The third kappa shape index (κ3) is 2.90. The lowest BCUT2D eigenvalue weighted by Gasteiger charge is -2.11. The Labute approximate surface area is 126 Å². The van der Waals surface area contributed by atoms with E-state index in [1.54, 1.807) is 42.5 Å². The topological polar surface area (TPSA) is 55.4 Å². The molecule has 0 spiro atoms. The summed E-state index contributed by atoms with van der Waals surface area (Å²) in [4.78, 5) is 23.7. The van der Waals surface area contributed by atoms with Gasteiger partial charge >= 0.3 is 5.97 Å². The van der Waals surface area contributed by atoms with Crippen LogP contribution in [0.1, 0.15) is 28.4 Å². The van der Waals surface area contributed by atoms with Gasteiger partial charge in [-0.05, 0) is 24.3 Å². The quantitative estimate of drug-likeness (QED) is 0.882. The summed E-state index contributed by atoms with van der Waals surface area (Å²) in [5.41, 5.74) is 1.90. The summed E-state index contributed by atoms with van der Waals surface area (Å²) < 4.78 is 5.24. The van der Waals surface area contributed by atoms with Crippen molar-refractivity contribution in [1.82, 2.24) is 0 Å².